The molecule has 0 bridgehead atoms. The molecule has 9 nitrogen and oxygen atoms in total. The van der Waals surface area contributed by atoms with Gasteiger partial charge in [-0.25, -0.2) is 4.57 Å². The number of phosphoric acid groups is 1. The Morgan fingerprint density at radius 3 is 1.23 bits per heavy atom. The number of ether oxygens (including phenoxy) is 1. The number of hydrogen-bond donors (Lipinski definition) is 2. The van der Waals surface area contributed by atoms with Crippen LogP contribution in [0.4, 0.5) is 0 Å². The third kappa shape index (κ3) is 59.5. The van der Waals surface area contributed by atoms with Gasteiger partial charge in [-0.15, -0.1) is 0 Å². The Morgan fingerprint density at radius 2 is 0.812 bits per heavy atom. The fourth-order valence-electron chi connectivity index (χ4n) is 9.19. The van der Waals surface area contributed by atoms with E-state index >= 15 is 0 Å². The Morgan fingerprint density at radius 1 is 0.450 bits per heavy atom. The number of rotatable bonds is 59. The van der Waals surface area contributed by atoms with Crippen LogP contribution >= 0.6 is 7.82 Å². The standard InChI is InChI=1S/C70H125N2O7P/c1-7-10-13-16-19-22-25-28-30-32-34-35-36-37-39-41-43-45-48-51-54-57-60-63-70(74)79-68(61-58-55-52-49-46-27-24-21-18-15-12-9-3)67(66-78-80(75,76)77-65-64-72(4,5)6)71-69(73)62-59-56-53-50-47-44-42-40-38-33-31-29-26-23-20-17-14-11-8-2/h11,14,20,23,28-31,38,40,44,47,53,56,58,61,67-68H,7-10,12-13,15-19,21-22,24-27,32-37,39,41-43,45-46,48-52,54-55,57,59-60,62-66H2,1-6H3,(H-,71,73,75,76)/p+1/b14-11-,23-20-,30-28+,31-29-,40-38-,47-44-,56-53-,61-58+. The molecule has 3 atom stereocenters. The molecule has 1 amide bonds. The fourth-order valence-corrected chi connectivity index (χ4v) is 9.93. The summed E-state index contributed by atoms with van der Waals surface area (Å²) in [6.07, 6.45) is 80.1. The molecule has 0 aliphatic heterocycles. The minimum atomic E-state index is -4.48. The third-order valence-electron chi connectivity index (χ3n) is 14.3. The molecule has 0 rings (SSSR count). The first-order valence-corrected chi connectivity index (χ1v) is 34.6. The van der Waals surface area contributed by atoms with Crippen molar-refractivity contribution in [2.45, 2.75) is 296 Å². The number of likely N-dealkylation sites (N-methyl/N-ethyl adjacent to an activating group) is 1. The second-order valence-corrected chi connectivity index (χ2v) is 24.7. The molecule has 0 aromatic rings. The quantitative estimate of drug-likeness (QED) is 0.0205. The summed E-state index contributed by atoms with van der Waals surface area (Å²) in [5, 5.41) is 3.01. The van der Waals surface area contributed by atoms with Crippen LogP contribution in [0.5, 0.6) is 0 Å². The lowest BCUT2D eigenvalue weighted by Gasteiger charge is -2.27. The fraction of sp³-hybridized carbons (Fsp3) is 0.743. The predicted octanol–water partition coefficient (Wildman–Crippen LogP) is 20.7. The molecule has 0 aromatic heterocycles. The summed E-state index contributed by atoms with van der Waals surface area (Å²) in [5.41, 5.74) is 0. The number of amides is 1. The van der Waals surface area contributed by atoms with Crippen molar-refractivity contribution in [3.05, 3.63) is 97.2 Å². The Labute approximate surface area is 494 Å². The number of esters is 1. The highest BCUT2D eigenvalue weighted by molar-refractivity contribution is 7.47. The van der Waals surface area contributed by atoms with Gasteiger partial charge in [-0.2, -0.15) is 0 Å². The number of carbonyl (C=O) groups is 2. The van der Waals surface area contributed by atoms with Gasteiger partial charge in [0.25, 0.3) is 0 Å². The Kier molecular flexibility index (Phi) is 56.8. The van der Waals surface area contributed by atoms with Crippen molar-refractivity contribution < 1.29 is 37.3 Å². The summed E-state index contributed by atoms with van der Waals surface area (Å²) in [6, 6.07) is -0.894. The Bertz CT molecular complexity index is 1690. The molecule has 0 spiro atoms. The van der Waals surface area contributed by atoms with Gasteiger partial charge in [0, 0.05) is 12.8 Å². The summed E-state index contributed by atoms with van der Waals surface area (Å²) >= 11 is 0. The highest BCUT2D eigenvalue weighted by atomic mass is 31.2. The van der Waals surface area contributed by atoms with Crippen LogP contribution in [-0.4, -0.2) is 74.3 Å². The number of hydrogen-bond acceptors (Lipinski definition) is 6. The summed E-state index contributed by atoms with van der Waals surface area (Å²) < 4.78 is 30.7. The molecule has 3 unspecified atom stereocenters. The molecular weight excluding hydrogens is 1010 g/mol. The lowest BCUT2D eigenvalue weighted by molar-refractivity contribution is -0.870. The molecular formula is C70H126N2O7P+. The van der Waals surface area contributed by atoms with Crippen molar-refractivity contribution in [3.63, 3.8) is 0 Å². The summed E-state index contributed by atoms with van der Waals surface area (Å²) in [5.74, 6) is -0.601. The van der Waals surface area contributed by atoms with Crippen LogP contribution in [0.15, 0.2) is 97.2 Å². The number of quaternary nitrogens is 1. The van der Waals surface area contributed by atoms with Crippen LogP contribution < -0.4 is 5.32 Å². The van der Waals surface area contributed by atoms with E-state index in [9.17, 15) is 19.0 Å². The zero-order valence-corrected chi connectivity index (χ0v) is 53.7. The molecule has 80 heavy (non-hydrogen) atoms. The van der Waals surface area contributed by atoms with Crippen LogP contribution in [0.25, 0.3) is 0 Å². The molecule has 0 aliphatic rings. The van der Waals surface area contributed by atoms with Crippen molar-refractivity contribution >= 4 is 19.7 Å². The average molecular weight is 1140 g/mol. The smallest absolute Gasteiger partial charge is 0.456 e. The zero-order chi connectivity index (χ0) is 58.6. The highest BCUT2D eigenvalue weighted by Crippen LogP contribution is 2.43. The SMILES string of the molecule is CC/C=C\C/C=C\C/C=C\C/C=C\C/C=C\C/C=C\CCC(=O)NC(COP(=O)(O)OCC[N+](C)(C)C)C(/C=C/CCCCCCCCCCCC)OC(=O)CCCCCCCCCCCCCCC/C=C/CCCCCCCC. The number of unbranched alkanes of at least 4 members (excludes halogenated alkanes) is 29. The largest absolute Gasteiger partial charge is 0.472 e. The average Bonchev–Trinajstić information content (AvgIpc) is 3.42. The molecule has 2 N–H and O–H groups in total. The van der Waals surface area contributed by atoms with Gasteiger partial charge >= 0.3 is 13.8 Å². The number of nitrogens with zero attached hydrogens (tertiary/aromatic N) is 1. The minimum Gasteiger partial charge on any atom is -0.456 e. The Balaban J connectivity index is 5.25. The van der Waals surface area contributed by atoms with Gasteiger partial charge in [-0.05, 0) is 96.0 Å². The van der Waals surface area contributed by atoms with Crippen LogP contribution in [0, 0.1) is 0 Å². The van der Waals surface area contributed by atoms with E-state index in [1.165, 1.54) is 167 Å². The van der Waals surface area contributed by atoms with E-state index in [0.29, 0.717) is 17.4 Å². The predicted molar refractivity (Wildman–Crippen MR) is 346 cm³/mol. The van der Waals surface area contributed by atoms with E-state index in [1.54, 1.807) is 0 Å². The third-order valence-corrected chi connectivity index (χ3v) is 15.3. The maximum atomic E-state index is 13.5. The maximum Gasteiger partial charge on any atom is 0.472 e. The van der Waals surface area contributed by atoms with E-state index in [-0.39, 0.29) is 37.9 Å². The van der Waals surface area contributed by atoms with Crippen LogP contribution in [-0.2, 0) is 27.9 Å². The first-order valence-electron chi connectivity index (χ1n) is 33.1. The highest BCUT2D eigenvalue weighted by Gasteiger charge is 2.30. The van der Waals surface area contributed by atoms with Gasteiger partial charge in [-0.1, -0.05) is 272 Å². The number of allylic oxidation sites excluding steroid dienone is 15. The summed E-state index contributed by atoms with van der Waals surface area (Å²) in [6.45, 7) is 6.85. The zero-order valence-electron chi connectivity index (χ0n) is 52.8. The molecule has 0 radical (unpaired) electrons. The van der Waals surface area contributed by atoms with Gasteiger partial charge < -0.3 is 19.4 Å². The Hall–Kier alpha value is -3.07. The van der Waals surface area contributed by atoms with Gasteiger partial charge in [0.15, 0.2) is 0 Å². The second-order valence-electron chi connectivity index (χ2n) is 23.3. The van der Waals surface area contributed by atoms with Gasteiger partial charge in [0.1, 0.15) is 19.3 Å². The van der Waals surface area contributed by atoms with Crippen LogP contribution in [0.2, 0.25) is 0 Å². The maximum absolute atomic E-state index is 13.5. The van der Waals surface area contributed by atoms with Crippen molar-refractivity contribution in [1.29, 1.82) is 0 Å². The van der Waals surface area contributed by atoms with E-state index in [0.717, 1.165) is 77.0 Å². The van der Waals surface area contributed by atoms with Gasteiger partial charge in [-0.3, -0.25) is 18.6 Å². The number of carbonyl (C=O) groups excluding carboxylic acids is 2. The normalized spacial score (nSPS) is 14.2. The molecule has 462 valence electrons. The molecule has 0 saturated heterocycles. The molecule has 0 saturated carbocycles. The molecule has 0 aromatic carbocycles. The van der Waals surface area contributed by atoms with Gasteiger partial charge in [0.05, 0.1) is 33.8 Å². The van der Waals surface area contributed by atoms with E-state index < -0.39 is 20.0 Å². The van der Waals surface area contributed by atoms with Crippen LogP contribution in [0.3, 0.4) is 0 Å². The lowest BCUT2D eigenvalue weighted by Crippen LogP contribution is -2.47. The number of nitrogens with one attached hydrogen (secondary N) is 1. The monoisotopic (exact) mass is 1140 g/mol. The molecule has 0 aliphatic carbocycles. The van der Waals surface area contributed by atoms with E-state index in [1.807, 2.05) is 39.4 Å². The van der Waals surface area contributed by atoms with Crippen molar-refractivity contribution in [1.82, 2.24) is 5.32 Å². The van der Waals surface area contributed by atoms with Crippen LogP contribution in [0.1, 0.15) is 284 Å². The topological polar surface area (TPSA) is 111 Å². The second kappa shape index (κ2) is 59.1. The first kappa shape index (κ1) is 76.9. The van der Waals surface area contributed by atoms with Gasteiger partial charge in [0.2, 0.25) is 5.91 Å². The first-order chi connectivity index (χ1) is 38.9. The van der Waals surface area contributed by atoms with E-state index in [4.69, 9.17) is 13.8 Å². The molecule has 0 fully saturated rings. The van der Waals surface area contributed by atoms with E-state index in [2.05, 4.69) is 105 Å². The number of phosphoric ester groups is 1. The molecule has 10 heteroatoms. The summed E-state index contributed by atoms with van der Waals surface area (Å²) in [7, 11) is 1.44. The van der Waals surface area contributed by atoms with Crippen molar-refractivity contribution in [2.24, 2.45) is 0 Å². The minimum absolute atomic E-state index is 0.0233. The lowest BCUT2D eigenvalue weighted by atomic mass is 10.0. The van der Waals surface area contributed by atoms with Crippen molar-refractivity contribution in [2.75, 3.05) is 40.9 Å². The van der Waals surface area contributed by atoms with Crippen molar-refractivity contribution in [3.8, 4) is 0 Å². The summed E-state index contributed by atoms with van der Waals surface area (Å²) in [4.78, 5) is 37.7. The molecule has 0 heterocycles.